The molecule has 1 aromatic heterocycles. The number of hydrogen-bond donors (Lipinski definition) is 1. The molecule has 5 rings (SSSR count). The summed E-state index contributed by atoms with van der Waals surface area (Å²) in [5.41, 5.74) is 2.30. The van der Waals surface area contributed by atoms with Crippen molar-refractivity contribution in [1.82, 2.24) is 9.88 Å². The summed E-state index contributed by atoms with van der Waals surface area (Å²) < 4.78 is 12.2. The molecule has 160 valence electrons. The minimum Gasteiger partial charge on any atom is -0.493 e. The number of fused-ring (bicyclic) bond motifs is 3. The average molecular weight is 415 g/mol. The number of benzene rings is 3. The SMILES string of the molecule is c1ccc(OCC2CCN(CCCOc3cccc4[nH]c5ccccc5c34)CC2)cc1. The van der Waals surface area contributed by atoms with Crippen LogP contribution >= 0.6 is 0 Å². The Morgan fingerprint density at radius 1 is 0.806 bits per heavy atom. The minimum atomic E-state index is 0.659. The molecule has 0 spiro atoms. The quantitative estimate of drug-likeness (QED) is 0.366. The smallest absolute Gasteiger partial charge is 0.129 e. The Balaban J connectivity index is 1.07. The van der Waals surface area contributed by atoms with E-state index >= 15 is 0 Å². The molecule has 0 aliphatic carbocycles. The van der Waals surface area contributed by atoms with E-state index in [1.165, 1.54) is 23.6 Å². The number of rotatable bonds is 8. The minimum absolute atomic E-state index is 0.659. The van der Waals surface area contributed by atoms with Crippen molar-refractivity contribution in [3.05, 3.63) is 72.8 Å². The molecule has 0 saturated carbocycles. The number of aromatic amines is 1. The van der Waals surface area contributed by atoms with E-state index in [1.54, 1.807) is 0 Å². The van der Waals surface area contributed by atoms with E-state index in [0.717, 1.165) is 61.8 Å². The zero-order valence-electron chi connectivity index (χ0n) is 17.9. The van der Waals surface area contributed by atoms with Crippen LogP contribution in [-0.2, 0) is 0 Å². The van der Waals surface area contributed by atoms with Crippen LogP contribution in [-0.4, -0.2) is 42.7 Å². The predicted molar refractivity (Wildman–Crippen MR) is 127 cm³/mol. The highest BCUT2D eigenvalue weighted by atomic mass is 16.5. The molecule has 4 nitrogen and oxygen atoms in total. The van der Waals surface area contributed by atoms with Crippen LogP contribution in [0.1, 0.15) is 19.3 Å². The summed E-state index contributed by atoms with van der Waals surface area (Å²) >= 11 is 0. The molecule has 3 aromatic carbocycles. The van der Waals surface area contributed by atoms with Crippen molar-refractivity contribution in [3.63, 3.8) is 0 Å². The number of ether oxygens (including phenoxy) is 2. The largest absolute Gasteiger partial charge is 0.493 e. The molecule has 4 aromatic rings. The molecule has 1 saturated heterocycles. The second kappa shape index (κ2) is 9.44. The lowest BCUT2D eigenvalue weighted by molar-refractivity contribution is 0.135. The van der Waals surface area contributed by atoms with Crippen LogP contribution in [0, 0.1) is 5.92 Å². The highest BCUT2D eigenvalue weighted by Crippen LogP contribution is 2.33. The fraction of sp³-hybridized carbons (Fsp3) is 0.333. The van der Waals surface area contributed by atoms with E-state index in [2.05, 4.69) is 52.3 Å². The van der Waals surface area contributed by atoms with Crippen molar-refractivity contribution >= 4 is 21.8 Å². The van der Waals surface area contributed by atoms with Gasteiger partial charge in [-0.3, -0.25) is 0 Å². The van der Waals surface area contributed by atoms with Crippen LogP contribution in [0.3, 0.4) is 0 Å². The topological polar surface area (TPSA) is 37.5 Å². The first kappa shape index (κ1) is 20.0. The van der Waals surface area contributed by atoms with E-state index < -0.39 is 0 Å². The Kier molecular flexibility index (Phi) is 6.08. The summed E-state index contributed by atoms with van der Waals surface area (Å²) in [6.07, 6.45) is 3.47. The van der Waals surface area contributed by atoms with Crippen LogP contribution in [0.25, 0.3) is 21.8 Å². The molecule has 31 heavy (non-hydrogen) atoms. The van der Waals surface area contributed by atoms with Gasteiger partial charge in [0.05, 0.1) is 18.7 Å². The fourth-order valence-electron chi connectivity index (χ4n) is 4.57. The third-order valence-corrected chi connectivity index (χ3v) is 6.30. The fourth-order valence-corrected chi connectivity index (χ4v) is 4.57. The molecule has 1 N–H and O–H groups in total. The molecule has 0 atom stereocenters. The molecule has 1 aliphatic rings. The first-order valence-corrected chi connectivity index (χ1v) is 11.4. The van der Waals surface area contributed by atoms with Gasteiger partial charge >= 0.3 is 0 Å². The number of nitrogens with one attached hydrogen (secondary N) is 1. The van der Waals surface area contributed by atoms with Gasteiger partial charge in [0, 0.05) is 22.8 Å². The van der Waals surface area contributed by atoms with Crippen molar-refractivity contribution in [1.29, 1.82) is 0 Å². The number of hydrogen-bond acceptors (Lipinski definition) is 3. The van der Waals surface area contributed by atoms with E-state index in [1.807, 2.05) is 30.3 Å². The second-order valence-corrected chi connectivity index (χ2v) is 8.46. The number of piperidine rings is 1. The van der Waals surface area contributed by atoms with Gasteiger partial charge in [0.15, 0.2) is 0 Å². The maximum Gasteiger partial charge on any atom is 0.129 e. The Morgan fingerprint density at radius 2 is 1.58 bits per heavy atom. The molecule has 1 aliphatic heterocycles. The van der Waals surface area contributed by atoms with Gasteiger partial charge in [-0.15, -0.1) is 0 Å². The summed E-state index contributed by atoms with van der Waals surface area (Å²) in [6, 6.07) is 24.8. The van der Waals surface area contributed by atoms with Gasteiger partial charge in [0.1, 0.15) is 11.5 Å². The van der Waals surface area contributed by atoms with Crippen LogP contribution < -0.4 is 9.47 Å². The predicted octanol–water partition coefficient (Wildman–Crippen LogP) is 5.88. The van der Waals surface area contributed by atoms with Crippen LogP contribution in [0.4, 0.5) is 0 Å². The number of nitrogens with zero attached hydrogens (tertiary/aromatic N) is 1. The first-order chi connectivity index (χ1) is 15.4. The summed E-state index contributed by atoms with van der Waals surface area (Å²) in [5, 5.41) is 2.42. The second-order valence-electron chi connectivity index (χ2n) is 8.46. The summed E-state index contributed by atoms with van der Waals surface area (Å²) in [7, 11) is 0. The monoisotopic (exact) mass is 414 g/mol. The molecular formula is C27H30N2O2. The lowest BCUT2D eigenvalue weighted by atomic mass is 9.98. The first-order valence-electron chi connectivity index (χ1n) is 11.4. The van der Waals surface area contributed by atoms with Crippen molar-refractivity contribution in [2.75, 3.05) is 32.8 Å². The number of likely N-dealkylation sites (tertiary alicyclic amines) is 1. The van der Waals surface area contributed by atoms with Crippen LogP contribution in [0.5, 0.6) is 11.5 Å². The molecule has 2 heterocycles. The van der Waals surface area contributed by atoms with Crippen molar-refractivity contribution in [2.24, 2.45) is 5.92 Å². The van der Waals surface area contributed by atoms with Crippen LogP contribution in [0.2, 0.25) is 0 Å². The lowest BCUT2D eigenvalue weighted by Crippen LogP contribution is -2.36. The third-order valence-electron chi connectivity index (χ3n) is 6.30. The summed E-state index contributed by atoms with van der Waals surface area (Å²) in [5.74, 6) is 2.62. The van der Waals surface area contributed by atoms with Crippen molar-refractivity contribution in [3.8, 4) is 11.5 Å². The van der Waals surface area contributed by atoms with Crippen molar-refractivity contribution in [2.45, 2.75) is 19.3 Å². The van der Waals surface area contributed by atoms with Gasteiger partial charge in [-0.2, -0.15) is 0 Å². The molecule has 0 amide bonds. The molecule has 0 radical (unpaired) electrons. The normalized spacial score (nSPS) is 15.5. The molecule has 0 unspecified atom stereocenters. The Morgan fingerprint density at radius 3 is 2.45 bits per heavy atom. The van der Waals surface area contributed by atoms with Gasteiger partial charge < -0.3 is 19.4 Å². The molecule has 0 bridgehead atoms. The molecule has 1 fully saturated rings. The third kappa shape index (κ3) is 4.70. The Labute approximate surface area is 183 Å². The molecular weight excluding hydrogens is 384 g/mol. The Hall–Kier alpha value is -2.98. The maximum atomic E-state index is 6.22. The van der Waals surface area contributed by atoms with E-state index in [0.29, 0.717) is 5.92 Å². The van der Waals surface area contributed by atoms with Crippen molar-refractivity contribution < 1.29 is 9.47 Å². The number of para-hydroxylation sites is 2. The summed E-state index contributed by atoms with van der Waals surface area (Å²) in [6.45, 7) is 4.98. The number of H-pyrrole nitrogens is 1. The summed E-state index contributed by atoms with van der Waals surface area (Å²) in [4.78, 5) is 6.05. The zero-order valence-corrected chi connectivity index (χ0v) is 17.9. The van der Waals surface area contributed by atoms with E-state index in [-0.39, 0.29) is 0 Å². The maximum absolute atomic E-state index is 6.22. The highest BCUT2D eigenvalue weighted by Gasteiger charge is 2.19. The van der Waals surface area contributed by atoms with Gasteiger partial charge in [-0.25, -0.2) is 0 Å². The van der Waals surface area contributed by atoms with Gasteiger partial charge in [-0.05, 0) is 68.6 Å². The highest BCUT2D eigenvalue weighted by molar-refractivity contribution is 6.10. The standard InChI is InChI=1S/C27H30N2O2/c1-2-8-22(9-3-1)31-20-21-14-17-29(18-15-21)16-7-19-30-26-13-6-12-25-27(26)23-10-4-5-11-24(23)28-25/h1-6,8-13,21,28H,7,14-20H2. The van der Waals surface area contributed by atoms with Gasteiger partial charge in [-0.1, -0.05) is 42.5 Å². The zero-order chi connectivity index (χ0) is 20.9. The van der Waals surface area contributed by atoms with Crippen LogP contribution in [0.15, 0.2) is 72.8 Å². The van der Waals surface area contributed by atoms with Gasteiger partial charge in [0.2, 0.25) is 0 Å². The van der Waals surface area contributed by atoms with E-state index in [9.17, 15) is 0 Å². The lowest BCUT2D eigenvalue weighted by Gasteiger charge is -2.31. The molecule has 4 heteroatoms. The van der Waals surface area contributed by atoms with E-state index in [4.69, 9.17) is 9.47 Å². The average Bonchev–Trinajstić information content (AvgIpc) is 3.21. The number of aromatic nitrogens is 1. The Bertz CT molecular complexity index is 1110. The van der Waals surface area contributed by atoms with Gasteiger partial charge in [0.25, 0.3) is 0 Å².